The van der Waals surface area contributed by atoms with Crippen LogP contribution in [0.3, 0.4) is 0 Å². The van der Waals surface area contributed by atoms with Crippen LogP contribution in [0.2, 0.25) is 78.1 Å². The Kier molecular flexibility index (Phi) is 39.7. The second-order valence-electron chi connectivity index (χ2n) is 20.2. The molecule has 2 aromatic rings. The Balaban J connectivity index is -0.000000981. The van der Waals surface area contributed by atoms with Gasteiger partial charge < -0.3 is 52.3 Å². The third-order valence-corrected chi connectivity index (χ3v) is 67.4. The first-order chi connectivity index (χ1) is 36.9. The fraction of sp³-hybridized carbons (Fsp3) is 0.457. The third kappa shape index (κ3) is 27.7. The van der Waals surface area contributed by atoms with Gasteiger partial charge >= 0.3 is 67.1 Å². The van der Waals surface area contributed by atoms with Gasteiger partial charge in [-0.3, -0.25) is 8.92 Å². The molecular formula is C46H91N3O17Si14. The Morgan fingerprint density at radius 2 is 1.04 bits per heavy atom. The summed E-state index contributed by atoms with van der Waals surface area (Å²) in [6, 6.07) is 9.72. The molecule has 0 aliphatic carbocycles. The van der Waals surface area contributed by atoms with Crippen LogP contribution in [0.5, 0.6) is 0 Å². The van der Waals surface area contributed by atoms with Crippen LogP contribution in [0.1, 0.15) is 13.8 Å². The van der Waals surface area contributed by atoms with Crippen LogP contribution in [0.15, 0.2) is 144 Å². The summed E-state index contributed by atoms with van der Waals surface area (Å²) in [4.78, 5) is 47.8. The second kappa shape index (κ2) is 39.0. The van der Waals surface area contributed by atoms with Crippen molar-refractivity contribution in [2.24, 2.45) is 0 Å². The van der Waals surface area contributed by atoms with Gasteiger partial charge in [0.25, 0.3) is 8.32 Å². The molecule has 34 heteroatoms. The normalized spacial score (nSPS) is 12.3. The van der Waals surface area contributed by atoms with Gasteiger partial charge in [0, 0.05) is 39.1 Å². The van der Waals surface area contributed by atoms with Crippen molar-refractivity contribution in [3.8, 4) is 0 Å². The van der Waals surface area contributed by atoms with E-state index in [1.807, 2.05) is 150 Å². The highest BCUT2D eigenvalue weighted by molar-refractivity contribution is 7.60. The van der Waals surface area contributed by atoms with E-state index in [1.54, 1.807) is 0 Å². The molecule has 0 aliphatic rings. The molecular weight excluding hydrogens is 1260 g/mol. The molecule has 1 N–H and O–H groups in total. The Bertz CT molecular complexity index is 2500. The fourth-order valence-electron chi connectivity index (χ4n) is 6.85. The summed E-state index contributed by atoms with van der Waals surface area (Å²) >= 11 is 0. The second-order valence-corrected chi connectivity index (χ2v) is 71.1. The highest BCUT2D eigenvalue weighted by Gasteiger charge is 2.46. The van der Waals surface area contributed by atoms with E-state index in [4.69, 9.17) is 43.1 Å². The third-order valence-electron chi connectivity index (χ3n) is 11.0. The largest absolute Gasteiger partial charge is 0.549 e. The number of aromatic nitrogens is 3. The van der Waals surface area contributed by atoms with Crippen LogP contribution >= 0.6 is 0 Å². The summed E-state index contributed by atoms with van der Waals surface area (Å²) in [6.07, 6.45) is 2.82. The molecule has 0 aliphatic heterocycles. The van der Waals surface area contributed by atoms with E-state index in [-0.39, 0.29) is 25.7 Å². The van der Waals surface area contributed by atoms with Crippen LogP contribution in [0.25, 0.3) is 0 Å². The Labute approximate surface area is 494 Å². The summed E-state index contributed by atoms with van der Waals surface area (Å²) in [6.45, 7) is 56.6. The Morgan fingerprint density at radius 1 is 0.650 bits per heavy atom. The standard InChI is InChI=1S/C15H24OSi2.C14H23N3O6Si.C10H20O3Si3.C7H24O5Si7.O2Si/c1-9-17(10-2,11-3)15(7,8)16-18(12-4,13-5)14-6;1-6-8-15-12(18)16(9-7-2)14(20)17(13(15)19)10-11-24(21-3,22-4)23-5;1-14(2)12-16(11,13-15(3)4)10-8-6-5-7-9-10;1-14(12-19(5,6)7)16(9)17(10)15(8)13-11-18(2,3)4;1-3-2/h9-14H,1-6H2,7-8H3;6-7H,1-2,8-11H2,3-5H3;5-9,11,14-15H,1-4H3;14H,13H2,1-7H3;. The molecule has 80 heavy (non-hydrogen) atoms. The van der Waals surface area contributed by atoms with Crippen molar-refractivity contribution in [1.29, 1.82) is 0 Å². The van der Waals surface area contributed by atoms with Gasteiger partial charge in [-0.1, -0.05) is 76.7 Å². The Morgan fingerprint density at radius 3 is 1.35 bits per heavy atom. The summed E-state index contributed by atoms with van der Waals surface area (Å²) < 4.78 is 101. The lowest BCUT2D eigenvalue weighted by atomic mass is 10.4. The minimum absolute atomic E-state index is 0.00348. The summed E-state index contributed by atoms with van der Waals surface area (Å²) in [5.41, 5.74) is 9.14. The molecule has 0 spiro atoms. The lowest BCUT2D eigenvalue weighted by Crippen LogP contribution is -2.58. The number of hydrogen-bond donors (Lipinski definition) is 1. The van der Waals surface area contributed by atoms with Gasteiger partial charge in [-0.05, 0) is 85.9 Å². The number of nitrogens with zero attached hydrogens (tertiary/aromatic N) is 3. The Hall–Kier alpha value is -2.77. The molecule has 448 valence electrons. The van der Waals surface area contributed by atoms with Crippen molar-refractivity contribution in [3.05, 3.63) is 161 Å². The monoisotopic (exact) mass is 1350 g/mol. The quantitative estimate of drug-likeness (QED) is 0.0808. The summed E-state index contributed by atoms with van der Waals surface area (Å²) in [7, 11) is -24.0. The molecule has 20 nitrogen and oxygen atoms in total. The van der Waals surface area contributed by atoms with Crippen molar-refractivity contribution in [2.75, 3.05) is 21.3 Å². The predicted octanol–water partition coefficient (Wildman–Crippen LogP) is 3.82. The van der Waals surface area contributed by atoms with Gasteiger partial charge in [0.1, 0.15) is 0 Å². The summed E-state index contributed by atoms with van der Waals surface area (Å²) in [5, 5.41) is 0.401. The van der Waals surface area contributed by atoms with Gasteiger partial charge in [0.2, 0.25) is 17.8 Å². The number of hydrogen-bond acceptors (Lipinski definition) is 17. The van der Waals surface area contributed by atoms with Crippen LogP contribution in [0, 0.1) is 0 Å². The van der Waals surface area contributed by atoms with Crippen LogP contribution in [0.4, 0.5) is 0 Å². The lowest BCUT2D eigenvalue weighted by Gasteiger charge is -2.43. The average Bonchev–Trinajstić information content (AvgIpc) is 3.38. The zero-order valence-corrected chi connectivity index (χ0v) is 65.1. The molecule has 1 aromatic carbocycles. The van der Waals surface area contributed by atoms with E-state index in [2.05, 4.69) is 52.6 Å². The zero-order chi connectivity index (χ0) is 63.1. The van der Waals surface area contributed by atoms with Gasteiger partial charge in [-0.15, -0.1) is 52.6 Å². The van der Waals surface area contributed by atoms with Crippen molar-refractivity contribution >= 4 is 124 Å². The molecule has 0 radical (unpaired) electrons. The van der Waals surface area contributed by atoms with Crippen molar-refractivity contribution in [2.45, 2.75) is 117 Å². The van der Waals surface area contributed by atoms with Crippen molar-refractivity contribution in [1.82, 2.24) is 13.7 Å². The number of rotatable bonds is 32. The van der Waals surface area contributed by atoms with Crippen molar-refractivity contribution in [3.63, 3.8) is 0 Å². The average molecular weight is 1350 g/mol. The van der Waals surface area contributed by atoms with Crippen LogP contribution in [-0.4, -0.2) is 164 Å². The molecule has 1 aromatic heterocycles. The highest BCUT2D eigenvalue weighted by atomic mass is 29.9. The summed E-state index contributed by atoms with van der Waals surface area (Å²) in [5.74, 6) is 0. The van der Waals surface area contributed by atoms with E-state index in [1.165, 1.54) is 33.5 Å². The highest BCUT2D eigenvalue weighted by Crippen LogP contribution is 2.31. The minimum Gasteiger partial charge on any atom is -0.457 e. The molecule has 1 heterocycles. The van der Waals surface area contributed by atoms with E-state index >= 15 is 0 Å². The van der Waals surface area contributed by atoms with Gasteiger partial charge in [0.05, 0.1) is 18.3 Å². The number of allylic oxidation sites excluding steroid dienone is 2. The molecule has 0 saturated carbocycles. The van der Waals surface area contributed by atoms with Crippen molar-refractivity contribution < 1.29 is 61.3 Å². The molecule has 0 saturated heterocycles. The topological polar surface area (TPSA) is 245 Å². The number of benzene rings is 1. The fourth-order valence-corrected chi connectivity index (χ4v) is 72.6. The zero-order valence-electron chi connectivity index (χ0n) is 50.3. The maximum Gasteiger partial charge on any atom is 0.549 e. The van der Waals surface area contributed by atoms with E-state index in [0.29, 0.717) is 0 Å². The molecule has 2 rings (SSSR count). The first-order valence-corrected chi connectivity index (χ1v) is 59.1. The molecule has 0 fully saturated rings. The van der Waals surface area contributed by atoms with Gasteiger partial charge in [-0.25, -0.2) is 28.1 Å². The SMILES string of the molecule is C=CCn1c(=O)n(CC=C)c(=O)n(CC[Si](OC)(OC)OC)c1=O.C=C[Si](C=C)(C=C)OC(C)(C)[Si](C=C)(C=C)C=C.C[SiH](C)O[Si](O)(O[SiH](C)C)c1ccccc1.C[SiH](O[Si](C)(C)C)[Si](=O)[Si](=O)[Si](=O)[SiH2]O[Si](C)(C)C.O=[Si]=O. The van der Waals surface area contributed by atoms with Crippen LogP contribution in [-0.2, 0) is 76.1 Å². The predicted molar refractivity (Wildman–Crippen MR) is 350 cm³/mol. The van der Waals surface area contributed by atoms with E-state index in [9.17, 15) is 32.6 Å². The maximum atomic E-state index is 12.5. The first kappa shape index (κ1) is 81.4. The first-order valence-electron chi connectivity index (χ1n) is 25.3. The molecule has 1 unspecified atom stereocenters. The molecule has 0 amide bonds. The lowest BCUT2D eigenvalue weighted by molar-refractivity contribution is 0.121. The van der Waals surface area contributed by atoms with Crippen LogP contribution < -0.4 is 22.3 Å². The van der Waals surface area contributed by atoms with E-state index < -0.39 is 141 Å². The smallest absolute Gasteiger partial charge is 0.457 e. The van der Waals surface area contributed by atoms with E-state index in [0.717, 1.165) is 18.9 Å². The molecule has 1 atom stereocenters. The van der Waals surface area contributed by atoms with Gasteiger partial charge in [0.15, 0.2) is 42.8 Å². The maximum absolute atomic E-state index is 12.5. The minimum atomic E-state index is -3.13. The van der Waals surface area contributed by atoms with Gasteiger partial charge in [-0.2, -0.15) is 0 Å². The molecule has 0 bridgehead atoms.